The van der Waals surface area contributed by atoms with Crippen molar-refractivity contribution in [2.24, 2.45) is 0 Å². The molecule has 0 unspecified atom stereocenters. The van der Waals surface area contributed by atoms with E-state index < -0.39 is 90.5 Å². The molecule has 0 bridgehead atoms. The van der Waals surface area contributed by atoms with Gasteiger partial charge in [0.25, 0.3) is 0 Å². The Hall–Kier alpha value is -3.38. The summed E-state index contributed by atoms with van der Waals surface area (Å²) in [5, 5.41) is 0. The van der Waals surface area contributed by atoms with Gasteiger partial charge in [-0.15, -0.1) is 0 Å². The zero-order valence-electron chi connectivity index (χ0n) is 22.0. The van der Waals surface area contributed by atoms with E-state index >= 15 is 26.3 Å². The molecule has 12 heteroatoms. The third kappa shape index (κ3) is 3.59. The van der Waals surface area contributed by atoms with Gasteiger partial charge in [0.2, 0.25) is 19.7 Å². The predicted octanol–water partition coefficient (Wildman–Crippen LogP) is 7.47. The number of hydrogen-bond acceptors (Lipinski definition) is 4. The van der Waals surface area contributed by atoms with Gasteiger partial charge in [0.1, 0.15) is 0 Å². The van der Waals surface area contributed by atoms with Gasteiger partial charge in [-0.25, -0.2) is 16.8 Å². The first-order chi connectivity index (χ1) is 18.8. The van der Waals surface area contributed by atoms with E-state index in [9.17, 15) is 16.8 Å². The van der Waals surface area contributed by atoms with Crippen LogP contribution in [0, 0.1) is 0 Å². The minimum absolute atomic E-state index is 0.0441. The van der Waals surface area contributed by atoms with E-state index in [1.165, 1.54) is 48.5 Å². The van der Waals surface area contributed by atoms with E-state index in [-0.39, 0.29) is 11.1 Å². The molecule has 2 aliphatic heterocycles. The van der Waals surface area contributed by atoms with Crippen molar-refractivity contribution in [3.63, 3.8) is 0 Å². The van der Waals surface area contributed by atoms with Crippen LogP contribution in [-0.2, 0) is 19.7 Å². The molecule has 0 atom stereocenters. The highest BCUT2D eigenvalue weighted by Crippen LogP contribution is 2.66. The van der Waals surface area contributed by atoms with Crippen molar-refractivity contribution >= 4 is 29.5 Å². The molecule has 0 radical (unpaired) electrons. The minimum atomic E-state index is -6.01. The molecule has 0 amide bonds. The first-order valence-electron chi connectivity index (χ1n) is 12.2. The monoisotopic (exact) mass is 612 g/mol. The van der Waals surface area contributed by atoms with Crippen molar-refractivity contribution < 1.29 is 43.2 Å². The van der Waals surface area contributed by atoms with Crippen molar-refractivity contribution in [2.45, 2.75) is 45.5 Å². The van der Waals surface area contributed by atoms with Crippen LogP contribution < -0.4 is 0 Å². The van der Waals surface area contributed by atoms with E-state index in [2.05, 4.69) is 0 Å². The summed E-state index contributed by atoms with van der Waals surface area (Å²) in [6, 6.07) is 14.4. The normalized spacial score (nSPS) is 24.2. The van der Waals surface area contributed by atoms with Gasteiger partial charge in [0, 0.05) is 22.3 Å². The molecule has 0 saturated carbocycles. The molecule has 2 aromatic rings. The van der Waals surface area contributed by atoms with Gasteiger partial charge in [0.15, 0.2) is 0 Å². The molecule has 0 fully saturated rings. The van der Waals surface area contributed by atoms with Gasteiger partial charge in [-0.05, 0) is 50.0 Å². The van der Waals surface area contributed by atoms with Crippen LogP contribution in [0.5, 0.6) is 0 Å². The molecule has 0 aromatic heterocycles. The van der Waals surface area contributed by atoms with Crippen molar-refractivity contribution in [1.82, 2.24) is 0 Å². The second-order valence-electron chi connectivity index (χ2n) is 9.98. The molecule has 0 N–H and O–H groups in total. The van der Waals surface area contributed by atoms with Crippen molar-refractivity contribution in [1.29, 1.82) is 0 Å². The molecule has 0 spiro atoms. The minimum Gasteiger partial charge on any atom is -0.219 e. The second-order valence-corrected chi connectivity index (χ2v) is 14.0. The van der Waals surface area contributed by atoms with Crippen LogP contribution in [0.25, 0.3) is 9.81 Å². The highest BCUT2D eigenvalue weighted by atomic mass is 32.2. The van der Waals surface area contributed by atoms with E-state index in [1.807, 2.05) is 0 Å². The average Bonchev–Trinajstić information content (AvgIpc) is 3.22. The second kappa shape index (κ2) is 8.81. The third-order valence-corrected chi connectivity index (χ3v) is 11.9. The number of halogens is 6. The van der Waals surface area contributed by atoms with E-state index in [1.54, 1.807) is 12.1 Å². The molecule has 5 rings (SSSR count). The SMILES string of the molecule is CC1=C(c2ccccc2)S(=O)(=O)C(C)=C1C1=C(C2=C(C)S(=O)(=O)C(c3ccccc3)=C2C)C(F)(F)C(F)(F)C1(F)F. The lowest BCUT2D eigenvalue weighted by Gasteiger charge is -2.26. The molecule has 3 aliphatic rings. The summed E-state index contributed by atoms with van der Waals surface area (Å²) in [6.07, 6.45) is 0. The Morgan fingerprint density at radius 3 is 1.10 bits per heavy atom. The van der Waals surface area contributed by atoms with Gasteiger partial charge in [-0.2, -0.15) is 26.3 Å². The Bertz CT molecular complexity index is 1760. The molecule has 1 aliphatic carbocycles. The fourth-order valence-corrected chi connectivity index (χ4v) is 9.33. The summed E-state index contributed by atoms with van der Waals surface area (Å²) in [6.45, 7) is 3.91. The summed E-state index contributed by atoms with van der Waals surface area (Å²) in [5.74, 6) is -17.2. The Labute approximate surface area is 232 Å². The first-order valence-corrected chi connectivity index (χ1v) is 15.2. The highest BCUT2D eigenvalue weighted by molar-refractivity contribution is 8.04. The van der Waals surface area contributed by atoms with Gasteiger partial charge < -0.3 is 0 Å². The number of hydrogen-bond donors (Lipinski definition) is 0. The zero-order valence-corrected chi connectivity index (χ0v) is 23.6. The van der Waals surface area contributed by atoms with Crippen LogP contribution in [0.4, 0.5) is 26.3 Å². The van der Waals surface area contributed by atoms with Crippen molar-refractivity contribution in [3.05, 3.63) is 115 Å². The number of rotatable bonds is 4. The average molecular weight is 613 g/mol. The van der Waals surface area contributed by atoms with Crippen LogP contribution in [0.1, 0.15) is 38.8 Å². The Balaban J connectivity index is 1.95. The Morgan fingerprint density at radius 2 is 0.805 bits per heavy atom. The standard InChI is InChI=1S/C29H22F6O4S2/c1-15-21(17(3)40(36,37)25(15)19-11-7-5-8-12-19)23-24(28(32,33)29(34,35)27(23,30)31)22-16(2)26(41(38,39)18(22)4)20-13-9-6-10-14-20/h5-14H,1-4H3. The maximum atomic E-state index is 15.7. The number of sulfone groups is 2. The largest absolute Gasteiger partial charge is 0.380 e. The first kappa shape index (κ1) is 29.1. The van der Waals surface area contributed by atoms with Gasteiger partial charge >= 0.3 is 17.8 Å². The Morgan fingerprint density at radius 1 is 0.512 bits per heavy atom. The number of alkyl halides is 6. The van der Waals surface area contributed by atoms with E-state index in [4.69, 9.17) is 0 Å². The number of allylic oxidation sites excluding steroid dienone is 8. The Kier molecular flexibility index (Phi) is 6.26. The molecule has 0 saturated heterocycles. The van der Waals surface area contributed by atoms with Crippen LogP contribution in [0.2, 0.25) is 0 Å². The quantitative estimate of drug-likeness (QED) is 0.336. The zero-order chi connectivity index (χ0) is 30.5. The molecule has 4 nitrogen and oxygen atoms in total. The van der Waals surface area contributed by atoms with Crippen LogP contribution >= 0.6 is 0 Å². The van der Waals surface area contributed by atoms with Gasteiger partial charge in [-0.1, -0.05) is 60.7 Å². The molecule has 2 aromatic carbocycles. The van der Waals surface area contributed by atoms with Crippen molar-refractivity contribution in [2.75, 3.05) is 0 Å². The lowest BCUT2D eigenvalue weighted by molar-refractivity contribution is -0.263. The van der Waals surface area contributed by atoms with Crippen LogP contribution in [-0.4, -0.2) is 34.6 Å². The predicted molar refractivity (Wildman–Crippen MR) is 143 cm³/mol. The van der Waals surface area contributed by atoms with Crippen molar-refractivity contribution in [3.8, 4) is 0 Å². The summed E-state index contributed by atoms with van der Waals surface area (Å²) in [7, 11) is -9.15. The van der Waals surface area contributed by atoms with E-state index in [0.29, 0.717) is 0 Å². The summed E-state index contributed by atoms with van der Waals surface area (Å²) >= 11 is 0. The van der Waals surface area contributed by atoms with E-state index in [0.717, 1.165) is 27.7 Å². The highest BCUT2D eigenvalue weighted by Gasteiger charge is 2.81. The molecule has 216 valence electrons. The molecular weight excluding hydrogens is 590 g/mol. The lowest BCUT2D eigenvalue weighted by Crippen LogP contribution is -2.49. The lowest BCUT2D eigenvalue weighted by atomic mass is 9.87. The fourth-order valence-electron chi connectivity index (χ4n) is 5.77. The third-order valence-electron chi connectivity index (χ3n) is 7.72. The fraction of sp³-hybridized carbons (Fsp3) is 0.241. The van der Waals surface area contributed by atoms with Crippen LogP contribution in [0.3, 0.4) is 0 Å². The molecule has 2 heterocycles. The van der Waals surface area contributed by atoms with Crippen LogP contribution in [0.15, 0.2) is 104 Å². The maximum Gasteiger partial charge on any atom is 0.380 e. The molecular formula is C29H22F6O4S2. The van der Waals surface area contributed by atoms with Gasteiger partial charge in [0.05, 0.1) is 19.6 Å². The number of benzene rings is 2. The smallest absolute Gasteiger partial charge is 0.219 e. The summed E-state index contributed by atoms with van der Waals surface area (Å²) in [4.78, 5) is -2.63. The van der Waals surface area contributed by atoms with Gasteiger partial charge in [-0.3, -0.25) is 0 Å². The molecule has 41 heavy (non-hydrogen) atoms. The maximum absolute atomic E-state index is 15.7. The summed E-state index contributed by atoms with van der Waals surface area (Å²) < 4.78 is 147. The topological polar surface area (TPSA) is 68.3 Å². The summed E-state index contributed by atoms with van der Waals surface area (Å²) in [5.41, 5.74) is -6.56.